The molecule has 6 nitrogen and oxygen atoms in total. The first-order valence-electron chi connectivity index (χ1n) is 27.0. The summed E-state index contributed by atoms with van der Waals surface area (Å²) in [7, 11) is -2.21. The van der Waals surface area contributed by atoms with Crippen molar-refractivity contribution in [1.82, 2.24) is 0 Å². The molecule has 6 aromatic rings. The number of aryl methyl sites for hydroxylation is 3. The lowest BCUT2D eigenvalue weighted by Gasteiger charge is -2.31. The van der Waals surface area contributed by atoms with Crippen LogP contribution in [0.2, 0.25) is 0 Å². The zero-order valence-electron chi connectivity index (χ0n) is 48.8. The van der Waals surface area contributed by atoms with Crippen LogP contribution in [0.4, 0.5) is 0 Å². The molecule has 6 aromatic carbocycles. The Kier molecular flexibility index (Phi) is 18.9. The molecular weight excluding hydrogens is 1020 g/mol. The molecule has 10 heteroatoms. The summed E-state index contributed by atoms with van der Waals surface area (Å²) < 4.78 is 21.9. The predicted octanol–water partition coefficient (Wildman–Crippen LogP) is 18.1. The molecule has 0 heterocycles. The average Bonchev–Trinajstić information content (AvgIpc) is 3.35. The van der Waals surface area contributed by atoms with E-state index in [-0.39, 0.29) is 52.3 Å². The van der Waals surface area contributed by atoms with Crippen molar-refractivity contribution in [3.05, 3.63) is 141 Å². The van der Waals surface area contributed by atoms with Crippen molar-refractivity contribution in [1.29, 1.82) is 0 Å². The summed E-state index contributed by atoms with van der Waals surface area (Å²) in [5.41, 5.74) is 13.1. The third-order valence-corrected chi connectivity index (χ3v) is 18.4. The molecular formula is C66H87O6PS3. The van der Waals surface area contributed by atoms with Crippen molar-refractivity contribution in [3.8, 4) is 50.6 Å². The molecule has 76 heavy (non-hydrogen) atoms. The highest BCUT2D eigenvalue weighted by Gasteiger charge is 2.34. The summed E-state index contributed by atoms with van der Waals surface area (Å²) >= 11 is 15.2. The molecule has 0 aliphatic rings. The van der Waals surface area contributed by atoms with Crippen LogP contribution in [0.25, 0.3) is 33.4 Å². The van der Waals surface area contributed by atoms with Gasteiger partial charge in [-0.05, 0) is 178 Å². The van der Waals surface area contributed by atoms with Crippen molar-refractivity contribution < 1.29 is 28.9 Å². The monoisotopic (exact) mass is 1100 g/mol. The fourth-order valence-electron chi connectivity index (χ4n) is 9.82. The Balaban J connectivity index is 1.55. The third-order valence-electron chi connectivity index (χ3n) is 16.3. The van der Waals surface area contributed by atoms with Gasteiger partial charge in [-0.3, -0.25) is 0 Å². The average molecular weight is 1100 g/mol. The number of hydrogen-bond acceptors (Lipinski definition) is 9. The summed E-state index contributed by atoms with van der Waals surface area (Å²) in [6.07, 6.45) is 2.40. The molecule has 0 fully saturated rings. The Hall–Kier alpha value is -3.92. The summed E-state index contributed by atoms with van der Waals surface area (Å²) in [4.78, 5) is 2.53. The van der Waals surface area contributed by atoms with E-state index in [2.05, 4.69) is 216 Å². The van der Waals surface area contributed by atoms with Gasteiger partial charge in [-0.1, -0.05) is 140 Å². The van der Waals surface area contributed by atoms with Gasteiger partial charge in [0.2, 0.25) is 0 Å². The second-order valence-electron chi connectivity index (χ2n) is 25.2. The fraction of sp³-hybridized carbons (Fsp3) is 0.455. The van der Waals surface area contributed by atoms with Gasteiger partial charge in [0.15, 0.2) is 0 Å². The lowest BCUT2D eigenvalue weighted by atomic mass is 9.79. The van der Waals surface area contributed by atoms with Crippen LogP contribution in [0.15, 0.2) is 106 Å². The molecule has 3 unspecified atom stereocenters. The van der Waals surface area contributed by atoms with E-state index in [0.717, 1.165) is 117 Å². The molecule has 0 aromatic heterocycles. The van der Waals surface area contributed by atoms with Crippen LogP contribution in [0.5, 0.6) is 17.2 Å². The van der Waals surface area contributed by atoms with Crippen LogP contribution in [0, 0.1) is 20.8 Å². The Labute approximate surface area is 475 Å². The molecule has 410 valence electrons. The predicted molar refractivity (Wildman–Crippen MR) is 331 cm³/mol. The van der Waals surface area contributed by atoms with Gasteiger partial charge in [0.25, 0.3) is 0 Å². The maximum Gasteiger partial charge on any atom is 0.530 e. The lowest BCUT2D eigenvalue weighted by Crippen LogP contribution is -2.25. The third kappa shape index (κ3) is 12.9. The molecule has 0 bridgehead atoms. The zero-order chi connectivity index (χ0) is 56.7. The molecule has 0 amide bonds. The van der Waals surface area contributed by atoms with Crippen molar-refractivity contribution in [3.63, 3.8) is 0 Å². The van der Waals surface area contributed by atoms with Gasteiger partial charge in [-0.25, -0.2) is 0 Å². The zero-order valence-corrected chi connectivity index (χ0v) is 52.3. The first kappa shape index (κ1) is 61.3. The van der Waals surface area contributed by atoms with E-state index >= 15 is 0 Å². The van der Waals surface area contributed by atoms with Crippen molar-refractivity contribution in [2.45, 2.75) is 191 Å². The van der Waals surface area contributed by atoms with Crippen LogP contribution < -0.4 is 13.6 Å². The standard InChI is InChI=1S/C66H87O6PS3/c1-19-64(16,37-67)43-22-25-46(58(74)31-43)49-34-52(61(7,8)9)55(28-40(49)4)70-73(71-56-29-41(5)50(35-53(56)62(10,11)12)47-26-23-44(32-59(47)75)65(17,20-2)38-68)72-57-30-42(6)51(36-54(57)63(13,14)15)48-27-24-45(33-60(48)76)66(18,21-3)39-69/h22-36,67-69,74-76H,19-21,37-39H2,1-18H3. The van der Waals surface area contributed by atoms with Crippen molar-refractivity contribution >= 4 is 46.5 Å². The Bertz CT molecular complexity index is 2730. The number of rotatable bonds is 18. The SMILES string of the molecule is CCC(C)(CO)c1ccc(-c2cc(C(C)(C)C)c(OP(Oc3cc(C)c(-c4ccc(C(C)(CC)CO)cc4S)cc3C(C)(C)C)Oc3cc(C)c(-c4ccc(C(C)(CC)CO)cc4S)cc3C(C)(C)C)cc2C)c(S)c1. The van der Waals surface area contributed by atoms with E-state index in [0.29, 0.717) is 17.2 Å². The van der Waals surface area contributed by atoms with E-state index in [1.807, 2.05) is 0 Å². The van der Waals surface area contributed by atoms with Gasteiger partial charge in [0.1, 0.15) is 17.2 Å². The van der Waals surface area contributed by atoms with Crippen molar-refractivity contribution in [2.75, 3.05) is 19.8 Å². The van der Waals surface area contributed by atoms with E-state index in [1.165, 1.54) is 0 Å². The maximum absolute atomic E-state index is 10.4. The van der Waals surface area contributed by atoms with Crippen LogP contribution in [-0.2, 0) is 32.5 Å². The summed E-state index contributed by atoms with van der Waals surface area (Å²) in [6, 6.07) is 32.0. The first-order valence-corrected chi connectivity index (χ1v) is 29.4. The number of aliphatic hydroxyl groups excluding tert-OH is 3. The quantitative estimate of drug-likeness (QED) is 0.0380. The van der Waals surface area contributed by atoms with E-state index in [4.69, 9.17) is 51.5 Å². The van der Waals surface area contributed by atoms with Crippen LogP contribution in [0.3, 0.4) is 0 Å². The van der Waals surface area contributed by atoms with Crippen molar-refractivity contribution in [2.24, 2.45) is 0 Å². The van der Waals surface area contributed by atoms with Gasteiger partial charge in [0, 0.05) is 47.6 Å². The minimum atomic E-state index is -2.21. The highest BCUT2D eigenvalue weighted by Crippen LogP contribution is 2.52. The van der Waals surface area contributed by atoms with Crippen LogP contribution in [0.1, 0.15) is 173 Å². The number of aliphatic hydroxyl groups is 3. The van der Waals surface area contributed by atoms with E-state index in [1.54, 1.807) is 0 Å². The molecule has 0 spiro atoms. The normalized spacial score (nSPS) is 15.2. The minimum absolute atomic E-state index is 0.0503. The fourth-order valence-corrected chi connectivity index (χ4v) is 11.9. The van der Waals surface area contributed by atoms with Gasteiger partial charge in [-0.15, -0.1) is 37.9 Å². The van der Waals surface area contributed by atoms with Gasteiger partial charge in [0.05, 0.1) is 19.8 Å². The smallest absolute Gasteiger partial charge is 0.408 e. The van der Waals surface area contributed by atoms with Gasteiger partial charge < -0.3 is 28.9 Å². The summed E-state index contributed by atoms with van der Waals surface area (Å²) in [5.74, 6) is 1.99. The minimum Gasteiger partial charge on any atom is -0.408 e. The highest BCUT2D eigenvalue weighted by molar-refractivity contribution is 7.80. The molecule has 6 rings (SSSR count). The Morgan fingerprint density at radius 1 is 0.368 bits per heavy atom. The number of thiol groups is 3. The molecule has 3 atom stereocenters. The molecule has 3 N–H and O–H groups in total. The number of hydrogen-bond donors (Lipinski definition) is 6. The van der Waals surface area contributed by atoms with E-state index in [9.17, 15) is 15.3 Å². The van der Waals surface area contributed by atoms with Gasteiger partial charge >= 0.3 is 8.60 Å². The maximum atomic E-state index is 10.4. The Morgan fingerprint density at radius 3 is 0.789 bits per heavy atom. The molecule has 0 radical (unpaired) electrons. The molecule has 0 aliphatic heterocycles. The van der Waals surface area contributed by atoms with Crippen LogP contribution in [-0.4, -0.2) is 35.1 Å². The molecule has 0 saturated heterocycles. The topological polar surface area (TPSA) is 88.4 Å². The highest BCUT2D eigenvalue weighted by atomic mass is 32.1. The van der Waals surface area contributed by atoms with E-state index < -0.39 is 8.60 Å². The second kappa shape index (κ2) is 23.4. The van der Waals surface area contributed by atoms with Crippen LogP contribution >= 0.6 is 46.5 Å². The first-order chi connectivity index (χ1) is 35.3. The largest absolute Gasteiger partial charge is 0.530 e. The molecule has 0 saturated carbocycles. The lowest BCUT2D eigenvalue weighted by molar-refractivity contribution is 0.201. The Morgan fingerprint density at radius 2 is 0.605 bits per heavy atom. The summed E-state index contributed by atoms with van der Waals surface area (Å²) in [5, 5.41) is 31.1. The van der Waals surface area contributed by atoms with Gasteiger partial charge in [-0.2, -0.15) is 0 Å². The molecule has 0 aliphatic carbocycles. The number of benzene rings is 6. The summed E-state index contributed by atoms with van der Waals surface area (Å²) in [6.45, 7) is 38.8. The second-order valence-corrected chi connectivity index (χ2v) is 27.6.